The molecule has 1 aliphatic heterocycles. The van der Waals surface area contributed by atoms with Gasteiger partial charge in [-0.25, -0.2) is 0 Å². The maximum Gasteiger partial charge on any atom is 0.231 e. The molecule has 0 radical (unpaired) electrons. The smallest absolute Gasteiger partial charge is 0.231 e. The molecule has 0 aromatic rings. The molecule has 0 unspecified atom stereocenters. The lowest BCUT2D eigenvalue weighted by atomic mass is 9.69. The number of hydrogen-bond donors (Lipinski definition) is 1. The molecular formula is C14H19NO2. The molecule has 17 heavy (non-hydrogen) atoms. The van der Waals surface area contributed by atoms with E-state index in [2.05, 4.69) is 17.5 Å². The highest BCUT2D eigenvalue weighted by Crippen LogP contribution is 2.42. The van der Waals surface area contributed by atoms with Gasteiger partial charge in [0.1, 0.15) is 0 Å². The zero-order valence-corrected chi connectivity index (χ0v) is 10.8. The van der Waals surface area contributed by atoms with E-state index in [1.807, 2.05) is 27.7 Å². The van der Waals surface area contributed by atoms with Crippen LogP contribution in [0.4, 0.5) is 0 Å². The van der Waals surface area contributed by atoms with Crippen molar-refractivity contribution in [1.29, 1.82) is 0 Å². The zero-order chi connectivity index (χ0) is 12.7. The van der Waals surface area contributed by atoms with Crippen molar-refractivity contribution in [2.24, 2.45) is 23.7 Å². The van der Waals surface area contributed by atoms with Gasteiger partial charge in [0.2, 0.25) is 11.8 Å². The average Bonchev–Trinajstić information content (AvgIpc) is 2.49. The average molecular weight is 233 g/mol. The minimum atomic E-state index is -0.212. The number of amides is 2. The van der Waals surface area contributed by atoms with E-state index < -0.39 is 0 Å². The van der Waals surface area contributed by atoms with Crippen molar-refractivity contribution in [3.05, 3.63) is 23.3 Å². The summed E-state index contributed by atoms with van der Waals surface area (Å²) in [4.78, 5) is 23.7. The summed E-state index contributed by atoms with van der Waals surface area (Å²) in [6, 6.07) is 0. The van der Waals surface area contributed by atoms with Gasteiger partial charge in [0.05, 0.1) is 11.8 Å². The summed E-state index contributed by atoms with van der Waals surface area (Å²) in [5.74, 6) is -0.393. The fourth-order valence-corrected chi connectivity index (χ4v) is 2.95. The van der Waals surface area contributed by atoms with Gasteiger partial charge < -0.3 is 0 Å². The number of carbonyl (C=O) groups excluding carboxylic acids is 2. The number of rotatable bonds is 1. The summed E-state index contributed by atoms with van der Waals surface area (Å²) in [6.07, 6.45) is 4.22. The van der Waals surface area contributed by atoms with Crippen molar-refractivity contribution in [2.75, 3.05) is 0 Å². The monoisotopic (exact) mass is 233 g/mol. The van der Waals surface area contributed by atoms with Gasteiger partial charge in [-0.3, -0.25) is 14.9 Å². The quantitative estimate of drug-likeness (QED) is 0.556. The third kappa shape index (κ3) is 1.94. The van der Waals surface area contributed by atoms with Gasteiger partial charge in [-0.15, -0.1) is 0 Å². The summed E-state index contributed by atoms with van der Waals surface area (Å²) in [7, 11) is 0. The van der Waals surface area contributed by atoms with Crippen LogP contribution in [0, 0.1) is 23.7 Å². The Kier molecular flexibility index (Phi) is 2.94. The van der Waals surface area contributed by atoms with Crippen LogP contribution >= 0.6 is 0 Å². The first-order valence-corrected chi connectivity index (χ1v) is 6.10. The topological polar surface area (TPSA) is 46.2 Å². The molecule has 1 fully saturated rings. The second-order valence-corrected chi connectivity index (χ2v) is 5.43. The predicted octanol–water partition coefficient (Wildman–Crippen LogP) is 2.05. The highest BCUT2D eigenvalue weighted by Gasteiger charge is 2.49. The van der Waals surface area contributed by atoms with E-state index in [0.717, 1.165) is 0 Å². The van der Waals surface area contributed by atoms with Crippen molar-refractivity contribution in [3.63, 3.8) is 0 Å². The minimum absolute atomic E-state index is 0.0626. The molecule has 1 saturated heterocycles. The Morgan fingerprint density at radius 1 is 1.24 bits per heavy atom. The van der Waals surface area contributed by atoms with E-state index in [-0.39, 0.29) is 35.5 Å². The lowest BCUT2D eigenvalue weighted by molar-refractivity contribution is -0.126. The van der Waals surface area contributed by atoms with Crippen molar-refractivity contribution in [3.8, 4) is 0 Å². The highest BCUT2D eigenvalue weighted by molar-refractivity contribution is 6.06. The zero-order valence-electron chi connectivity index (χ0n) is 10.8. The van der Waals surface area contributed by atoms with Crippen LogP contribution in [0.2, 0.25) is 0 Å². The van der Waals surface area contributed by atoms with Gasteiger partial charge in [0.25, 0.3) is 0 Å². The normalized spacial score (nSPS) is 36.1. The van der Waals surface area contributed by atoms with Gasteiger partial charge in [-0.05, 0) is 26.7 Å². The van der Waals surface area contributed by atoms with E-state index >= 15 is 0 Å². The van der Waals surface area contributed by atoms with Gasteiger partial charge in [-0.1, -0.05) is 30.2 Å². The third-order valence-corrected chi connectivity index (χ3v) is 3.89. The Labute approximate surface area is 102 Å². The van der Waals surface area contributed by atoms with Crippen molar-refractivity contribution in [2.45, 2.75) is 27.7 Å². The Morgan fingerprint density at radius 3 is 2.41 bits per heavy atom. The molecule has 3 heteroatoms. The fourth-order valence-electron chi connectivity index (χ4n) is 2.95. The summed E-state index contributed by atoms with van der Waals surface area (Å²) in [6.45, 7) is 8.11. The molecule has 3 nitrogen and oxygen atoms in total. The molecule has 0 spiro atoms. The third-order valence-electron chi connectivity index (χ3n) is 3.89. The van der Waals surface area contributed by atoms with E-state index in [4.69, 9.17) is 0 Å². The van der Waals surface area contributed by atoms with Crippen LogP contribution in [0.3, 0.4) is 0 Å². The molecule has 0 bridgehead atoms. The number of hydrogen-bond acceptors (Lipinski definition) is 2. The van der Waals surface area contributed by atoms with Crippen molar-refractivity contribution in [1.82, 2.24) is 5.32 Å². The molecule has 2 aliphatic rings. The molecule has 92 valence electrons. The summed E-state index contributed by atoms with van der Waals surface area (Å²) >= 11 is 0. The van der Waals surface area contributed by atoms with Crippen LogP contribution < -0.4 is 5.32 Å². The molecule has 1 heterocycles. The first-order valence-electron chi connectivity index (χ1n) is 6.10. The van der Waals surface area contributed by atoms with Crippen molar-refractivity contribution >= 4 is 11.8 Å². The lowest BCUT2D eigenvalue weighted by Gasteiger charge is -2.32. The maximum absolute atomic E-state index is 11.9. The lowest BCUT2D eigenvalue weighted by Crippen LogP contribution is -2.33. The molecular weight excluding hydrogens is 214 g/mol. The van der Waals surface area contributed by atoms with Crippen LogP contribution in [-0.2, 0) is 9.59 Å². The Balaban J connectivity index is 2.44. The van der Waals surface area contributed by atoms with E-state index in [1.165, 1.54) is 11.1 Å². The molecule has 2 amide bonds. The second-order valence-electron chi connectivity index (χ2n) is 5.43. The molecule has 0 aromatic carbocycles. The second kappa shape index (κ2) is 4.13. The van der Waals surface area contributed by atoms with Gasteiger partial charge in [0, 0.05) is 5.92 Å². The summed E-state index contributed by atoms with van der Waals surface area (Å²) in [5, 5.41) is 2.47. The largest absolute Gasteiger partial charge is 0.296 e. The van der Waals surface area contributed by atoms with Gasteiger partial charge in [-0.2, -0.15) is 0 Å². The molecule has 2 rings (SSSR count). The first-order chi connectivity index (χ1) is 7.91. The van der Waals surface area contributed by atoms with Crippen LogP contribution in [-0.4, -0.2) is 11.8 Å². The molecule has 0 aromatic heterocycles. The number of carbonyl (C=O) groups is 2. The van der Waals surface area contributed by atoms with Crippen LogP contribution in [0.5, 0.6) is 0 Å². The molecule has 4 atom stereocenters. The van der Waals surface area contributed by atoms with Crippen LogP contribution in [0.1, 0.15) is 27.7 Å². The van der Waals surface area contributed by atoms with Crippen LogP contribution in [0.25, 0.3) is 0 Å². The standard InChI is InChI=1S/C14H19NO2/c1-7(2)5-10-6-8(3)9(4)11-12(10)14(17)15-13(11)16/h5-6,9-12H,1-4H3,(H,15,16,17)/t9-,10+,11+,12-/m1/s1. The molecule has 0 saturated carbocycles. The molecule has 1 N–H and O–H groups in total. The molecule has 1 aliphatic carbocycles. The maximum atomic E-state index is 11.9. The number of nitrogens with one attached hydrogen (secondary N) is 1. The first kappa shape index (κ1) is 12.1. The van der Waals surface area contributed by atoms with E-state index in [9.17, 15) is 9.59 Å². The fraction of sp³-hybridized carbons (Fsp3) is 0.571. The number of allylic oxidation sites excluding steroid dienone is 4. The summed E-state index contributed by atoms with van der Waals surface area (Å²) in [5.41, 5.74) is 2.39. The Bertz CT molecular complexity index is 430. The van der Waals surface area contributed by atoms with Gasteiger partial charge in [0.15, 0.2) is 0 Å². The van der Waals surface area contributed by atoms with E-state index in [1.54, 1.807) is 0 Å². The number of imide groups is 1. The SMILES string of the molecule is CC(C)=C[C@H]1C=C(C)[C@@H](C)[C@@H]2C(=O)NC(=O)[C@H]12. The predicted molar refractivity (Wildman–Crippen MR) is 66.0 cm³/mol. The van der Waals surface area contributed by atoms with Gasteiger partial charge >= 0.3 is 0 Å². The van der Waals surface area contributed by atoms with E-state index in [0.29, 0.717) is 0 Å². The minimum Gasteiger partial charge on any atom is -0.296 e. The Hall–Kier alpha value is -1.38. The number of fused-ring (bicyclic) bond motifs is 1. The Morgan fingerprint density at radius 2 is 1.82 bits per heavy atom. The highest BCUT2D eigenvalue weighted by atomic mass is 16.2. The van der Waals surface area contributed by atoms with Crippen molar-refractivity contribution < 1.29 is 9.59 Å². The van der Waals surface area contributed by atoms with Crippen LogP contribution in [0.15, 0.2) is 23.3 Å². The summed E-state index contributed by atoms with van der Waals surface area (Å²) < 4.78 is 0.